The predicted molar refractivity (Wildman–Crippen MR) is 138 cm³/mol. The molecule has 2 aromatic heterocycles. The number of likely N-dealkylation sites (N-methyl/N-ethyl adjacent to an activating group) is 1. The van der Waals surface area contributed by atoms with Gasteiger partial charge in [0, 0.05) is 51.2 Å². The van der Waals surface area contributed by atoms with Gasteiger partial charge in [0.05, 0.1) is 31.5 Å². The van der Waals surface area contributed by atoms with Crippen molar-refractivity contribution in [2.75, 3.05) is 65.0 Å². The van der Waals surface area contributed by atoms with E-state index in [0.717, 1.165) is 41.5 Å². The number of aryl methyl sites for hydroxylation is 1. The zero-order valence-corrected chi connectivity index (χ0v) is 21.6. The number of anilines is 1. The molecule has 11 heteroatoms. The molecule has 0 aliphatic carbocycles. The van der Waals surface area contributed by atoms with E-state index in [2.05, 4.69) is 37.4 Å². The largest absolute Gasteiger partial charge is 0.383 e. The topological polar surface area (TPSA) is 97.6 Å². The van der Waals surface area contributed by atoms with Crippen LogP contribution in [0.5, 0.6) is 0 Å². The quantitative estimate of drug-likeness (QED) is 0.513. The number of methoxy groups -OCH3 is 1. The number of hydrogen-bond acceptors (Lipinski definition) is 8. The second-order valence-corrected chi connectivity index (χ2v) is 9.68. The van der Waals surface area contributed by atoms with Crippen LogP contribution in [0, 0.1) is 6.92 Å². The lowest BCUT2D eigenvalue weighted by Gasteiger charge is -2.35. The van der Waals surface area contributed by atoms with Crippen molar-refractivity contribution in [2.24, 2.45) is 0 Å². The molecule has 2 aliphatic rings. The molecule has 4 heterocycles. The van der Waals surface area contributed by atoms with Gasteiger partial charge in [0.1, 0.15) is 18.3 Å². The highest BCUT2D eigenvalue weighted by atomic mass is 19.1. The molecular formula is C26H34FN7O3. The molecule has 198 valence electrons. The molecule has 1 aromatic carbocycles. The maximum absolute atomic E-state index is 15.3. The van der Waals surface area contributed by atoms with Gasteiger partial charge in [0.2, 0.25) is 0 Å². The molecule has 1 N–H and O–H groups in total. The first-order valence-electron chi connectivity index (χ1n) is 12.7. The highest BCUT2D eigenvalue weighted by molar-refractivity contribution is 5.82. The zero-order valence-electron chi connectivity index (χ0n) is 21.6. The summed E-state index contributed by atoms with van der Waals surface area (Å²) in [7, 11) is 3.27. The number of piperidine rings is 1. The molecule has 1 amide bonds. The van der Waals surface area contributed by atoms with Crippen molar-refractivity contribution in [1.82, 2.24) is 30.0 Å². The van der Waals surface area contributed by atoms with Crippen molar-refractivity contribution < 1.29 is 18.7 Å². The van der Waals surface area contributed by atoms with E-state index in [4.69, 9.17) is 9.47 Å². The van der Waals surface area contributed by atoms with Crippen molar-refractivity contribution in [3.63, 3.8) is 0 Å². The number of carbonyl (C=O) groups excluding carboxylic acids is 1. The SMILES string of the molecule is CNC(=O)[C@@H]1CN(c2cc(-n3ncc4cc(C)c([C@H]5CCN(CCOC)C[C@H]5F)cc43)ncn2)CCO1. The molecule has 3 atom stereocenters. The zero-order chi connectivity index (χ0) is 25.9. The summed E-state index contributed by atoms with van der Waals surface area (Å²) in [5, 5.41) is 8.22. The molecular weight excluding hydrogens is 477 g/mol. The molecule has 2 saturated heterocycles. The van der Waals surface area contributed by atoms with Crippen molar-refractivity contribution in [1.29, 1.82) is 0 Å². The van der Waals surface area contributed by atoms with Gasteiger partial charge in [-0.15, -0.1) is 0 Å². The lowest BCUT2D eigenvalue weighted by Crippen LogP contribution is -2.49. The number of rotatable bonds is 7. The first-order valence-corrected chi connectivity index (χ1v) is 12.7. The third kappa shape index (κ3) is 5.29. The van der Waals surface area contributed by atoms with Crippen LogP contribution in [0.2, 0.25) is 0 Å². The van der Waals surface area contributed by atoms with Crippen LogP contribution < -0.4 is 10.2 Å². The Hall–Kier alpha value is -3.15. The summed E-state index contributed by atoms with van der Waals surface area (Å²) in [6.45, 7) is 6.11. The number of amides is 1. The number of aromatic nitrogens is 4. The number of morpholine rings is 1. The van der Waals surface area contributed by atoms with Gasteiger partial charge in [-0.2, -0.15) is 5.10 Å². The van der Waals surface area contributed by atoms with Crippen LogP contribution >= 0.6 is 0 Å². The van der Waals surface area contributed by atoms with Gasteiger partial charge in [-0.1, -0.05) is 0 Å². The van der Waals surface area contributed by atoms with Gasteiger partial charge in [-0.3, -0.25) is 9.69 Å². The molecule has 5 rings (SSSR count). The fraction of sp³-hybridized carbons (Fsp3) is 0.538. The molecule has 0 bridgehead atoms. The number of alkyl halides is 1. The number of likely N-dealkylation sites (tertiary alicyclic amines) is 1. The minimum Gasteiger partial charge on any atom is -0.383 e. The van der Waals surface area contributed by atoms with Crippen LogP contribution in [0.3, 0.4) is 0 Å². The van der Waals surface area contributed by atoms with Crippen molar-refractivity contribution in [2.45, 2.75) is 31.5 Å². The second kappa shape index (κ2) is 11.1. The van der Waals surface area contributed by atoms with Gasteiger partial charge in [-0.25, -0.2) is 19.0 Å². The number of benzene rings is 1. The number of nitrogens with one attached hydrogen (secondary N) is 1. The van der Waals surface area contributed by atoms with Crippen molar-refractivity contribution in [3.8, 4) is 5.82 Å². The Bertz CT molecular complexity index is 1250. The Morgan fingerprint density at radius 1 is 1.22 bits per heavy atom. The fourth-order valence-electron chi connectivity index (χ4n) is 5.33. The van der Waals surface area contributed by atoms with E-state index in [0.29, 0.717) is 44.5 Å². The maximum atomic E-state index is 15.3. The number of fused-ring (bicyclic) bond motifs is 1. The third-order valence-electron chi connectivity index (χ3n) is 7.38. The van der Waals surface area contributed by atoms with E-state index in [1.165, 1.54) is 6.33 Å². The van der Waals surface area contributed by atoms with E-state index in [1.807, 2.05) is 24.1 Å². The monoisotopic (exact) mass is 511 g/mol. The molecule has 2 fully saturated rings. The first-order chi connectivity index (χ1) is 18.0. The Labute approximate surface area is 215 Å². The van der Waals surface area contributed by atoms with Gasteiger partial charge >= 0.3 is 0 Å². The minimum absolute atomic E-state index is 0.157. The summed E-state index contributed by atoms with van der Waals surface area (Å²) in [4.78, 5) is 25.1. The van der Waals surface area contributed by atoms with E-state index < -0.39 is 12.3 Å². The summed E-state index contributed by atoms with van der Waals surface area (Å²) in [6, 6.07) is 6.01. The number of hydrogen-bond donors (Lipinski definition) is 1. The number of nitrogens with zero attached hydrogens (tertiary/aromatic N) is 6. The lowest BCUT2D eigenvalue weighted by molar-refractivity contribution is -0.132. The Morgan fingerprint density at radius 2 is 2.05 bits per heavy atom. The number of ether oxygens (including phenoxy) is 2. The van der Waals surface area contributed by atoms with Crippen LogP contribution in [0.4, 0.5) is 10.2 Å². The summed E-state index contributed by atoms with van der Waals surface area (Å²) in [6.07, 6.45) is 2.57. The second-order valence-electron chi connectivity index (χ2n) is 9.68. The summed E-state index contributed by atoms with van der Waals surface area (Å²) < 4.78 is 27.9. The Balaban J connectivity index is 1.41. The molecule has 0 radical (unpaired) electrons. The van der Waals surface area contributed by atoms with Gasteiger partial charge in [0.15, 0.2) is 11.9 Å². The highest BCUT2D eigenvalue weighted by Gasteiger charge is 2.32. The Morgan fingerprint density at radius 3 is 2.84 bits per heavy atom. The normalized spacial score (nSPS) is 22.9. The summed E-state index contributed by atoms with van der Waals surface area (Å²) in [5.41, 5.74) is 2.97. The van der Waals surface area contributed by atoms with Crippen LogP contribution in [0.1, 0.15) is 23.5 Å². The van der Waals surface area contributed by atoms with E-state index >= 15 is 4.39 Å². The lowest BCUT2D eigenvalue weighted by atomic mass is 9.85. The molecule has 0 unspecified atom stereocenters. The predicted octanol–water partition coefficient (Wildman–Crippen LogP) is 1.85. The van der Waals surface area contributed by atoms with Gasteiger partial charge in [0.25, 0.3) is 5.91 Å². The van der Waals surface area contributed by atoms with Gasteiger partial charge < -0.3 is 19.7 Å². The molecule has 37 heavy (non-hydrogen) atoms. The van der Waals surface area contributed by atoms with Crippen molar-refractivity contribution in [3.05, 3.63) is 41.9 Å². The standard InChI is InChI=1S/C26H34FN7O3/c1-17-10-18-13-31-34(22(18)11-20(17)19-4-5-32(6-8-36-3)14-21(19)27)25-12-24(29-16-30-25)33-7-9-37-23(15-33)26(35)28-2/h10-13,16,19,21,23H,4-9,14-15H2,1-3H3,(H,28,35)/t19-,21-,23+/m1/s1. The highest BCUT2D eigenvalue weighted by Crippen LogP contribution is 2.35. The van der Waals surface area contributed by atoms with Gasteiger partial charge in [-0.05, 0) is 43.1 Å². The maximum Gasteiger partial charge on any atom is 0.250 e. The fourth-order valence-corrected chi connectivity index (χ4v) is 5.33. The molecule has 0 saturated carbocycles. The van der Waals surface area contributed by atoms with E-state index in [9.17, 15) is 4.79 Å². The van der Waals surface area contributed by atoms with Crippen LogP contribution in [-0.4, -0.2) is 103 Å². The van der Waals surface area contributed by atoms with E-state index in [-0.39, 0.29) is 11.8 Å². The minimum atomic E-state index is -0.946. The van der Waals surface area contributed by atoms with Crippen LogP contribution in [-0.2, 0) is 14.3 Å². The average Bonchev–Trinajstić information content (AvgIpc) is 3.34. The summed E-state index contributed by atoms with van der Waals surface area (Å²) in [5.74, 6) is 0.993. The number of halogens is 1. The molecule has 0 spiro atoms. The average molecular weight is 512 g/mol. The van der Waals surface area contributed by atoms with E-state index in [1.54, 1.807) is 18.8 Å². The van der Waals surface area contributed by atoms with Crippen LogP contribution in [0.15, 0.2) is 30.7 Å². The van der Waals surface area contributed by atoms with Crippen LogP contribution in [0.25, 0.3) is 16.7 Å². The molecule has 2 aliphatic heterocycles. The number of carbonyl (C=O) groups is 1. The molecule has 10 nitrogen and oxygen atoms in total. The first kappa shape index (κ1) is 25.5. The smallest absolute Gasteiger partial charge is 0.250 e. The third-order valence-corrected chi connectivity index (χ3v) is 7.38. The molecule has 3 aromatic rings. The Kier molecular flexibility index (Phi) is 7.63. The van der Waals surface area contributed by atoms with Crippen molar-refractivity contribution >= 4 is 22.6 Å². The summed E-state index contributed by atoms with van der Waals surface area (Å²) >= 11 is 0.